The Labute approximate surface area is 61.2 Å². The molecule has 0 atom stereocenters. The van der Waals surface area contributed by atoms with Gasteiger partial charge in [0, 0.05) is 0 Å². The van der Waals surface area contributed by atoms with Gasteiger partial charge in [-0.3, -0.25) is 4.79 Å². The topological polar surface area (TPSA) is 26.3 Å². The average molecular weight is 140 g/mol. The molecule has 0 aliphatic rings. The van der Waals surface area contributed by atoms with Crippen molar-refractivity contribution < 1.29 is 9.53 Å². The highest BCUT2D eigenvalue weighted by atomic mass is 16.5. The zero-order valence-electron chi connectivity index (χ0n) is 5.95. The van der Waals surface area contributed by atoms with Crippen molar-refractivity contribution in [3.05, 3.63) is 24.8 Å². The Hall–Kier alpha value is -0.890. The lowest BCUT2D eigenvalue weighted by Gasteiger charge is -1.94. The maximum Gasteiger partial charge on any atom is 0.142 e. The zero-order valence-corrected chi connectivity index (χ0v) is 5.95. The van der Waals surface area contributed by atoms with Crippen molar-refractivity contribution in [2.45, 2.75) is 6.42 Å². The summed E-state index contributed by atoms with van der Waals surface area (Å²) >= 11 is 0. The SMILES string of the molecule is C=CCOCC/C=C/C=O. The molecule has 56 valence electrons. The van der Waals surface area contributed by atoms with Gasteiger partial charge in [0.05, 0.1) is 13.2 Å². The van der Waals surface area contributed by atoms with E-state index in [-0.39, 0.29) is 0 Å². The van der Waals surface area contributed by atoms with Crippen molar-refractivity contribution in [2.75, 3.05) is 13.2 Å². The molecule has 10 heavy (non-hydrogen) atoms. The Morgan fingerprint density at radius 2 is 2.30 bits per heavy atom. The number of aldehydes is 1. The number of rotatable bonds is 6. The molecule has 0 amide bonds. The van der Waals surface area contributed by atoms with Gasteiger partial charge in [-0.25, -0.2) is 0 Å². The first-order chi connectivity index (χ1) is 4.91. The maximum absolute atomic E-state index is 9.75. The third kappa shape index (κ3) is 7.11. The quantitative estimate of drug-likeness (QED) is 0.241. The lowest BCUT2D eigenvalue weighted by Crippen LogP contribution is -1.91. The van der Waals surface area contributed by atoms with Gasteiger partial charge in [0.15, 0.2) is 0 Å². The smallest absolute Gasteiger partial charge is 0.142 e. The highest BCUT2D eigenvalue weighted by molar-refractivity contribution is 5.64. The van der Waals surface area contributed by atoms with Gasteiger partial charge < -0.3 is 4.74 Å². The molecule has 0 aromatic rings. The highest BCUT2D eigenvalue weighted by Gasteiger charge is 1.79. The molecule has 0 saturated carbocycles. The van der Waals surface area contributed by atoms with Crippen LogP contribution in [0.1, 0.15) is 6.42 Å². The second-order valence-corrected chi connectivity index (χ2v) is 1.72. The summed E-state index contributed by atoms with van der Waals surface area (Å²) in [5, 5.41) is 0. The molecule has 0 bridgehead atoms. The van der Waals surface area contributed by atoms with Gasteiger partial charge in [-0.05, 0) is 12.5 Å². The Morgan fingerprint density at radius 1 is 1.50 bits per heavy atom. The lowest BCUT2D eigenvalue weighted by atomic mass is 10.4. The average Bonchev–Trinajstić information content (AvgIpc) is 1.97. The van der Waals surface area contributed by atoms with E-state index < -0.39 is 0 Å². The maximum atomic E-state index is 9.75. The van der Waals surface area contributed by atoms with Crippen LogP contribution < -0.4 is 0 Å². The first kappa shape index (κ1) is 9.11. The number of carbonyl (C=O) groups is 1. The molecule has 0 unspecified atom stereocenters. The molecule has 0 saturated heterocycles. The van der Waals surface area contributed by atoms with Crippen LogP contribution >= 0.6 is 0 Å². The van der Waals surface area contributed by atoms with E-state index in [1.54, 1.807) is 12.2 Å². The van der Waals surface area contributed by atoms with Crippen molar-refractivity contribution in [1.82, 2.24) is 0 Å². The number of ether oxygens (including phenoxy) is 1. The van der Waals surface area contributed by atoms with Crippen LogP contribution in [-0.4, -0.2) is 19.5 Å². The summed E-state index contributed by atoms with van der Waals surface area (Å²) in [6.45, 7) is 4.72. The lowest BCUT2D eigenvalue weighted by molar-refractivity contribution is -0.104. The molecule has 0 N–H and O–H groups in total. The summed E-state index contributed by atoms with van der Waals surface area (Å²) in [5.41, 5.74) is 0. The minimum absolute atomic E-state index is 0.578. The van der Waals surface area contributed by atoms with Crippen molar-refractivity contribution in [1.29, 1.82) is 0 Å². The zero-order chi connectivity index (χ0) is 7.66. The minimum Gasteiger partial charge on any atom is -0.377 e. The summed E-state index contributed by atoms with van der Waals surface area (Å²) < 4.78 is 5.04. The van der Waals surface area contributed by atoms with Crippen molar-refractivity contribution in [3.63, 3.8) is 0 Å². The van der Waals surface area contributed by atoms with E-state index in [2.05, 4.69) is 6.58 Å². The molecule has 0 aliphatic carbocycles. The van der Waals surface area contributed by atoms with Crippen LogP contribution in [0, 0.1) is 0 Å². The molecule has 2 heteroatoms. The van der Waals surface area contributed by atoms with Gasteiger partial charge in [-0.2, -0.15) is 0 Å². The summed E-state index contributed by atoms with van der Waals surface area (Å²) in [4.78, 5) is 9.75. The fourth-order valence-corrected chi connectivity index (χ4v) is 0.470. The molecule has 0 spiro atoms. The molecule has 0 heterocycles. The molecule has 2 nitrogen and oxygen atoms in total. The van der Waals surface area contributed by atoms with Crippen LogP contribution in [0.25, 0.3) is 0 Å². The van der Waals surface area contributed by atoms with Crippen LogP contribution in [-0.2, 0) is 9.53 Å². The third-order valence-electron chi connectivity index (χ3n) is 0.879. The first-order valence-corrected chi connectivity index (χ1v) is 3.20. The Kier molecular flexibility index (Phi) is 7.39. The van der Waals surface area contributed by atoms with Gasteiger partial charge in [0.25, 0.3) is 0 Å². The predicted octanol–water partition coefficient (Wildman–Crippen LogP) is 1.33. The van der Waals surface area contributed by atoms with Gasteiger partial charge in [-0.15, -0.1) is 6.58 Å². The molecule has 0 aromatic carbocycles. The van der Waals surface area contributed by atoms with E-state index in [0.717, 1.165) is 12.7 Å². The number of hydrogen-bond donors (Lipinski definition) is 0. The van der Waals surface area contributed by atoms with Gasteiger partial charge in [0.1, 0.15) is 6.29 Å². The van der Waals surface area contributed by atoms with E-state index in [9.17, 15) is 4.79 Å². The van der Waals surface area contributed by atoms with Gasteiger partial charge >= 0.3 is 0 Å². The Balaban J connectivity index is 2.96. The van der Waals surface area contributed by atoms with E-state index in [1.807, 2.05) is 0 Å². The van der Waals surface area contributed by atoms with Crippen molar-refractivity contribution >= 4 is 6.29 Å². The number of carbonyl (C=O) groups excluding carboxylic acids is 1. The molecule has 0 radical (unpaired) electrons. The highest BCUT2D eigenvalue weighted by Crippen LogP contribution is 1.83. The second-order valence-electron chi connectivity index (χ2n) is 1.72. The standard InChI is InChI=1S/C8H12O2/c1-2-7-10-8-5-3-4-6-9/h2-4,6H,1,5,7-8H2/b4-3+. The first-order valence-electron chi connectivity index (χ1n) is 3.20. The van der Waals surface area contributed by atoms with Crippen LogP contribution in [0.5, 0.6) is 0 Å². The predicted molar refractivity (Wildman–Crippen MR) is 40.8 cm³/mol. The van der Waals surface area contributed by atoms with Crippen LogP contribution in [0.2, 0.25) is 0 Å². The third-order valence-corrected chi connectivity index (χ3v) is 0.879. The Bertz CT molecular complexity index is 116. The van der Waals surface area contributed by atoms with Crippen LogP contribution in [0.3, 0.4) is 0 Å². The van der Waals surface area contributed by atoms with E-state index >= 15 is 0 Å². The van der Waals surface area contributed by atoms with Crippen molar-refractivity contribution in [3.8, 4) is 0 Å². The fraction of sp³-hybridized carbons (Fsp3) is 0.375. The molecular weight excluding hydrogens is 128 g/mol. The number of allylic oxidation sites excluding steroid dienone is 1. The van der Waals surface area contributed by atoms with Crippen molar-refractivity contribution in [2.24, 2.45) is 0 Å². The summed E-state index contributed by atoms with van der Waals surface area (Å²) in [6, 6.07) is 0. The van der Waals surface area contributed by atoms with Crippen LogP contribution in [0.15, 0.2) is 24.8 Å². The number of hydrogen-bond acceptors (Lipinski definition) is 2. The summed E-state index contributed by atoms with van der Waals surface area (Å²) in [5.74, 6) is 0. The molecule has 0 aromatic heterocycles. The monoisotopic (exact) mass is 140 g/mol. The van der Waals surface area contributed by atoms with Gasteiger partial charge in [-0.1, -0.05) is 12.2 Å². The van der Waals surface area contributed by atoms with E-state index in [4.69, 9.17) is 4.74 Å². The van der Waals surface area contributed by atoms with Crippen LogP contribution in [0.4, 0.5) is 0 Å². The summed E-state index contributed by atoms with van der Waals surface area (Å²) in [7, 11) is 0. The summed E-state index contributed by atoms with van der Waals surface area (Å²) in [6.07, 6.45) is 6.48. The largest absolute Gasteiger partial charge is 0.377 e. The molecule has 0 rings (SSSR count). The molecule has 0 aliphatic heterocycles. The molecule has 0 fully saturated rings. The minimum atomic E-state index is 0.578. The van der Waals surface area contributed by atoms with E-state index in [1.165, 1.54) is 6.08 Å². The fourth-order valence-electron chi connectivity index (χ4n) is 0.470. The van der Waals surface area contributed by atoms with Gasteiger partial charge in [0.2, 0.25) is 0 Å². The normalized spacial score (nSPS) is 10.0. The second kappa shape index (κ2) is 8.11. The van der Waals surface area contributed by atoms with E-state index in [0.29, 0.717) is 13.2 Å². The molecular formula is C8H12O2. The Morgan fingerprint density at radius 3 is 2.90 bits per heavy atom.